The van der Waals surface area contributed by atoms with Gasteiger partial charge in [0.15, 0.2) is 5.54 Å². The molecule has 3 aromatic rings. The van der Waals surface area contributed by atoms with E-state index >= 15 is 0 Å². The van der Waals surface area contributed by atoms with E-state index in [1.807, 2.05) is 42.9 Å². The lowest BCUT2D eigenvalue weighted by molar-refractivity contribution is -0.144. The SMILES string of the molecule is CN(C)CCCCn1c([C@](N)(Cc2cc(Br)c(N)c(Br)c2)C(=O)O)nc2ccccc21. The largest absolute Gasteiger partial charge is 0.480 e. The third kappa shape index (κ3) is 5.11. The van der Waals surface area contributed by atoms with Crippen LogP contribution in [0, 0.1) is 0 Å². The number of aromatic nitrogens is 2. The van der Waals surface area contributed by atoms with Crippen LogP contribution < -0.4 is 11.5 Å². The van der Waals surface area contributed by atoms with Crippen LogP contribution in [0.1, 0.15) is 24.2 Å². The Bertz CT molecular complexity index is 1080. The quantitative estimate of drug-likeness (QED) is 0.274. The van der Waals surface area contributed by atoms with Gasteiger partial charge in [-0.1, -0.05) is 12.1 Å². The maximum absolute atomic E-state index is 12.5. The van der Waals surface area contributed by atoms with Crippen molar-refractivity contribution in [2.75, 3.05) is 26.4 Å². The molecule has 0 saturated heterocycles. The van der Waals surface area contributed by atoms with Gasteiger partial charge in [0, 0.05) is 21.9 Å². The van der Waals surface area contributed by atoms with Crippen LogP contribution >= 0.6 is 31.9 Å². The Morgan fingerprint density at radius 2 is 1.84 bits per heavy atom. The standard InChI is InChI=1S/C22H27Br2N5O2/c1-28(2)9-5-6-10-29-18-8-4-3-7-17(18)27-20(29)22(26,21(30)31)13-14-11-15(23)19(25)16(24)12-14/h3-4,7-8,11-12H,5-6,9-10,13,25-26H2,1-2H3,(H,30,31)/t22-/m1/s1. The minimum absolute atomic E-state index is 0.0703. The molecule has 7 nitrogen and oxygen atoms in total. The zero-order valence-corrected chi connectivity index (χ0v) is 20.8. The fourth-order valence-corrected chi connectivity index (χ4v) is 4.93. The van der Waals surface area contributed by atoms with E-state index in [-0.39, 0.29) is 6.42 Å². The van der Waals surface area contributed by atoms with E-state index in [9.17, 15) is 9.90 Å². The molecule has 0 radical (unpaired) electrons. The number of halogens is 2. The highest BCUT2D eigenvalue weighted by molar-refractivity contribution is 9.11. The van der Waals surface area contributed by atoms with Gasteiger partial charge in [0.1, 0.15) is 5.82 Å². The van der Waals surface area contributed by atoms with Gasteiger partial charge in [0.05, 0.1) is 16.7 Å². The Hall–Kier alpha value is -1.94. The van der Waals surface area contributed by atoms with Gasteiger partial charge in [0.25, 0.3) is 0 Å². The normalized spacial score (nSPS) is 13.6. The maximum Gasteiger partial charge on any atom is 0.331 e. The number of hydrogen-bond donors (Lipinski definition) is 3. The Kier molecular flexibility index (Phi) is 7.41. The van der Waals surface area contributed by atoms with Gasteiger partial charge in [-0.2, -0.15) is 0 Å². The number of benzene rings is 2. The molecule has 2 aromatic carbocycles. The van der Waals surface area contributed by atoms with Gasteiger partial charge < -0.3 is 26.0 Å². The minimum atomic E-state index is -1.70. The zero-order valence-electron chi connectivity index (χ0n) is 17.6. The average molecular weight is 553 g/mol. The molecule has 0 spiro atoms. The highest BCUT2D eigenvalue weighted by atomic mass is 79.9. The lowest BCUT2D eigenvalue weighted by Gasteiger charge is -2.26. The molecule has 0 bridgehead atoms. The van der Waals surface area contributed by atoms with Crippen LogP contribution in [0.5, 0.6) is 0 Å². The Morgan fingerprint density at radius 1 is 1.19 bits per heavy atom. The van der Waals surface area contributed by atoms with Crippen molar-refractivity contribution in [2.24, 2.45) is 5.73 Å². The number of carboxylic acid groups (broad SMARTS) is 1. The van der Waals surface area contributed by atoms with Gasteiger partial charge >= 0.3 is 5.97 Å². The lowest BCUT2D eigenvalue weighted by Crippen LogP contribution is -2.49. The molecular formula is C22H27Br2N5O2. The van der Waals surface area contributed by atoms with Gasteiger partial charge in [-0.25, -0.2) is 9.78 Å². The number of fused-ring (bicyclic) bond motifs is 1. The molecule has 9 heteroatoms. The van der Waals surface area contributed by atoms with Gasteiger partial charge in [0.2, 0.25) is 0 Å². The average Bonchev–Trinajstić information content (AvgIpc) is 3.08. The van der Waals surface area contributed by atoms with Crippen molar-refractivity contribution in [3.8, 4) is 0 Å². The summed E-state index contributed by atoms with van der Waals surface area (Å²) in [6.07, 6.45) is 1.95. The number of nitrogens with two attached hydrogens (primary N) is 2. The second-order valence-corrected chi connectivity index (χ2v) is 9.72. The molecule has 0 fully saturated rings. The third-order valence-corrected chi connectivity index (χ3v) is 6.61. The Morgan fingerprint density at radius 3 is 2.45 bits per heavy atom. The number of nitrogens with zero attached hydrogens (tertiary/aromatic N) is 3. The first-order valence-electron chi connectivity index (χ1n) is 9.99. The van der Waals surface area contributed by atoms with Crippen LogP contribution in [0.25, 0.3) is 11.0 Å². The predicted molar refractivity (Wildman–Crippen MR) is 131 cm³/mol. The summed E-state index contributed by atoms with van der Waals surface area (Å²) in [7, 11) is 4.08. The molecule has 0 unspecified atom stereocenters. The van der Waals surface area contributed by atoms with Crippen LogP contribution in [-0.2, 0) is 23.3 Å². The molecule has 0 aliphatic rings. The number of rotatable bonds is 9. The summed E-state index contributed by atoms with van der Waals surface area (Å²) in [4.78, 5) is 19.3. The molecule has 0 saturated carbocycles. The first-order chi connectivity index (χ1) is 14.6. The molecule has 31 heavy (non-hydrogen) atoms. The number of nitrogen functional groups attached to an aromatic ring is 1. The number of unbranched alkanes of at least 4 members (excludes halogenated alkanes) is 1. The second kappa shape index (κ2) is 9.68. The van der Waals surface area contributed by atoms with E-state index in [0.717, 1.165) is 36.0 Å². The van der Waals surface area contributed by atoms with Crippen molar-refractivity contribution in [1.29, 1.82) is 0 Å². The van der Waals surface area contributed by atoms with E-state index in [2.05, 4.69) is 41.7 Å². The van der Waals surface area contributed by atoms with Crippen molar-refractivity contribution in [1.82, 2.24) is 14.5 Å². The van der Waals surface area contributed by atoms with Crippen molar-refractivity contribution in [3.63, 3.8) is 0 Å². The number of anilines is 1. The Labute approximate surface area is 198 Å². The van der Waals surface area contributed by atoms with Crippen molar-refractivity contribution < 1.29 is 9.90 Å². The number of carboxylic acids is 1. The van der Waals surface area contributed by atoms with Gasteiger partial charge in [-0.3, -0.25) is 0 Å². The molecule has 0 aliphatic carbocycles. The number of imidazole rings is 1. The van der Waals surface area contributed by atoms with Gasteiger partial charge in [-0.15, -0.1) is 0 Å². The lowest BCUT2D eigenvalue weighted by atomic mass is 9.90. The Balaban J connectivity index is 2.04. The number of aliphatic carboxylic acids is 1. The summed E-state index contributed by atoms with van der Waals surface area (Å²) < 4.78 is 3.32. The fraction of sp³-hybridized carbons (Fsp3) is 0.364. The van der Waals surface area contributed by atoms with Crippen LogP contribution in [0.2, 0.25) is 0 Å². The first-order valence-corrected chi connectivity index (χ1v) is 11.6. The molecule has 166 valence electrons. The fourth-order valence-electron chi connectivity index (χ4n) is 3.65. The van der Waals surface area contributed by atoms with E-state index in [4.69, 9.17) is 11.5 Å². The van der Waals surface area contributed by atoms with Crippen molar-refractivity contribution in [3.05, 3.63) is 56.7 Å². The van der Waals surface area contributed by atoms with E-state index in [0.29, 0.717) is 27.0 Å². The number of aryl methyl sites for hydroxylation is 1. The molecule has 3 rings (SSSR count). The highest BCUT2D eigenvalue weighted by Gasteiger charge is 2.41. The number of para-hydroxylation sites is 2. The summed E-state index contributed by atoms with van der Waals surface area (Å²) in [6, 6.07) is 11.3. The van der Waals surface area contributed by atoms with Crippen LogP contribution in [-0.4, -0.2) is 46.2 Å². The van der Waals surface area contributed by atoms with E-state index < -0.39 is 11.5 Å². The smallest absolute Gasteiger partial charge is 0.331 e. The third-order valence-electron chi connectivity index (χ3n) is 5.29. The minimum Gasteiger partial charge on any atom is -0.480 e. The number of hydrogen-bond acceptors (Lipinski definition) is 5. The zero-order chi connectivity index (χ0) is 22.8. The van der Waals surface area contributed by atoms with Crippen molar-refractivity contribution >= 4 is 54.5 Å². The molecule has 1 heterocycles. The highest BCUT2D eigenvalue weighted by Crippen LogP contribution is 2.33. The summed E-state index contributed by atoms with van der Waals surface area (Å²) in [5.74, 6) is -0.767. The monoisotopic (exact) mass is 551 g/mol. The molecule has 5 N–H and O–H groups in total. The van der Waals surface area contributed by atoms with Crippen molar-refractivity contribution in [2.45, 2.75) is 31.3 Å². The molecular weight excluding hydrogens is 526 g/mol. The summed E-state index contributed by atoms with van der Waals surface area (Å²) in [6.45, 7) is 1.60. The molecule has 0 amide bonds. The maximum atomic E-state index is 12.5. The second-order valence-electron chi connectivity index (χ2n) is 8.01. The predicted octanol–water partition coefficient (Wildman–Crippen LogP) is 3.97. The van der Waals surface area contributed by atoms with Crippen LogP contribution in [0.4, 0.5) is 5.69 Å². The van der Waals surface area contributed by atoms with Gasteiger partial charge in [-0.05, 0) is 95.2 Å². The van der Waals surface area contributed by atoms with Crippen LogP contribution in [0.15, 0.2) is 45.3 Å². The topological polar surface area (TPSA) is 110 Å². The summed E-state index contributed by atoms with van der Waals surface area (Å²) in [5.41, 5.74) is 13.8. The summed E-state index contributed by atoms with van der Waals surface area (Å²) >= 11 is 6.85. The molecule has 1 atom stereocenters. The molecule has 1 aromatic heterocycles. The number of carbonyl (C=O) groups is 1. The first kappa shape index (κ1) is 23.7. The molecule has 0 aliphatic heterocycles. The van der Waals surface area contributed by atoms with Crippen LogP contribution in [0.3, 0.4) is 0 Å². The van der Waals surface area contributed by atoms with E-state index in [1.54, 1.807) is 12.1 Å². The summed E-state index contributed by atoms with van der Waals surface area (Å²) in [5, 5.41) is 10.2. The van der Waals surface area contributed by atoms with E-state index in [1.165, 1.54) is 0 Å².